The zero-order valence-electron chi connectivity index (χ0n) is 16.4. The van der Waals surface area contributed by atoms with Crippen LogP contribution in [0, 0.1) is 0 Å². The fraction of sp³-hybridized carbons (Fsp3) is 0.375. The molecule has 1 unspecified atom stereocenters. The van der Waals surface area contributed by atoms with Gasteiger partial charge in [0.25, 0.3) is 0 Å². The van der Waals surface area contributed by atoms with Gasteiger partial charge >= 0.3 is 0 Å². The number of hydrogen-bond acceptors (Lipinski definition) is 3. The topological polar surface area (TPSA) is 28.2 Å². The summed E-state index contributed by atoms with van der Waals surface area (Å²) in [6.07, 6.45) is 6.29. The largest absolute Gasteiger partial charge is 0.381 e. The monoisotopic (exact) mass is 359 g/mol. The lowest BCUT2D eigenvalue weighted by atomic mass is 10.0. The zero-order valence-corrected chi connectivity index (χ0v) is 16.4. The summed E-state index contributed by atoms with van der Waals surface area (Å²) < 4.78 is 0. The number of hydrogen-bond donors (Lipinski definition) is 1. The van der Waals surface area contributed by atoms with Gasteiger partial charge in [0.05, 0.1) is 0 Å². The van der Waals surface area contributed by atoms with Gasteiger partial charge in [0.15, 0.2) is 0 Å². The van der Waals surface area contributed by atoms with Gasteiger partial charge in [0.1, 0.15) is 0 Å². The molecule has 1 aliphatic heterocycles. The molecule has 1 aliphatic rings. The van der Waals surface area contributed by atoms with Crippen LogP contribution in [0.4, 0.5) is 5.69 Å². The molecule has 27 heavy (non-hydrogen) atoms. The lowest BCUT2D eigenvalue weighted by Crippen LogP contribution is -2.41. The SMILES string of the molecule is CC(C)c1ccc(CN2CCCC(Nc3cccc4cnccc34)C2)cc1. The molecule has 0 saturated carbocycles. The van der Waals surface area contributed by atoms with E-state index in [-0.39, 0.29) is 0 Å². The minimum atomic E-state index is 0.493. The number of piperidine rings is 1. The van der Waals surface area contributed by atoms with Crippen molar-refractivity contribution in [2.24, 2.45) is 0 Å². The summed E-state index contributed by atoms with van der Waals surface area (Å²) in [5, 5.41) is 6.25. The highest BCUT2D eigenvalue weighted by Crippen LogP contribution is 2.25. The highest BCUT2D eigenvalue weighted by molar-refractivity contribution is 5.93. The Morgan fingerprint density at radius 2 is 1.96 bits per heavy atom. The van der Waals surface area contributed by atoms with Crippen molar-refractivity contribution in [1.29, 1.82) is 0 Å². The van der Waals surface area contributed by atoms with E-state index in [2.05, 4.69) is 77.6 Å². The number of likely N-dealkylation sites (tertiary alicyclic amines) is 1. The molecular formula is C24H29N3. The summed E-state index contributed by atoms with van der Waals surface area (Å²) in [5.74, 6) is 0.596. The smallest absolute Gasteiger partial charge is 0.0423 e. The van der Waals surface area contributed by atoms with Gasteiger partial charge in [-0.3, -0.25) is 9.88 Å². The Balaban J connectivity index is 1.42. The number of rotatable bonds is 5. The van der Waals surface area contributed by atoms with E-state index >= 15 is 0 Å². The predicted molar refractivity (Wildman–Crippen MR) is 114 cm³/mol. The Hall–Kier alpha value is -2.39. The number of anilines is 1. The summed E-state index contributed by atoms with van der Waals surface area (Å²) >= 11 is 0. The molecule has 0 bridgehead atoms. The van der Waals surface area contributed by atoms with Crippen LogP contribution in [0.2, 0.25) is 0 Å². The molecule has 1 saturated heterocycles. The molecule has 4 rings (SSSR count). The molecule has 0 amide bonds. The molecule has 3 nitrogen and oxygen atoms in total. The zero-order chi connectivity index (χ0) is 18.6. The van der Waals surface area contributed by atoms with Crippen LogP contribution in [0.1, 0.15) is 43.7 Å². The molecule has 140 valence electrons. The molecule has 2 aromatic carbocycles. The number of fused-ring (bicyclic) bond motifs is 1. The molecule has 0 aliphatic carbocycles. The molecule has 1 N–H and O–H groups in total. The third-order valence-corrected chi connectivity index (χ3v) is 5.60. The van der Waals surface area contributed by atoms with E-state index in [9.17, 15) is 0 Å². The maximum Gasteiger partial charge on any atom is 0.0423 e. The maximum absolute atomic E-state index is 4.24. The van der Waals surface area contributed by atoms with Crippen molar-refractivity contribution in [2.75, 3.05) is 18.4 Å². The molecule has 1 atom stereocenters. The van der Waals surface area contributed by atoms with E-state index < -0.39 is 0 Å². The molecule has 0 radical (unpaired) electrons. The van der Waals surface area contributed by atoms with Crippen LogP contribution in [0.3, 0.4) is 0 Å². The molecule has 3 aromatic rings. The second-order valence-corrected chi connectivity index (χ2v) is 8.02. The second kappa shape index (κ2) is 8.10. The van der Waals surface area contributed by atoms with Crippen molar-refractivity contribution in [3.05, 3.63) is 72.1 Å². The number of pyridine rings is 1. The van der Waals surface area contributed by atoms with E-state index in [0.717, 1.165) is 13.1 Å². The Morgan fingerprint density at radius 1 is 1.11 bits per heavy atom. The lowest BCUT2D eigenvalue weighted by Gasteiger charge is -2.34. The Morgan fingerprint density at radius 3 is 2.78 bits per heavy atom. The summed E-state index contributed by atoms with van der Waals surface area (Å²) in [6.45, 7) is 7.81. The number of nitrogens with one attached hydrogen (secondary N) is 1. The second-order valence-electron chi connectivity index (χ2n) is 8.02. The van der Waals surface area contributed by atoms with Crippen molar-refractivity contribution >= 4 is 16.5 Å². The third-order valence-electron chi connectivity index (χ3n) is 5.60. The first-order valence-electron chi connectivity index (χ1n) is 10.1. The predicted octanol–water partition coefficient (Wildman–Crippen LogP) is 5.43. The van der Waals surface area contributed by atoms with Crippen molar-refractivity contribution in [2.45, 2.75) is 45.2 Å². The van der Waals surface area contributed by atoms with Gasteiger partial charge in [-0.15, -0.1) is 0 Å². The Labute approximate surface area is 162 Å². The van der Waals surface area contributed by atoms with Crippen LogP contribution < -0.4 is 5.32 Å². The first-order chi connectivity index (χ1) is 13.2. The number of benzene rings is 2. The van der Waals surface area contributed by atoms with Crippen molar-refractivity contribution in [3.8, 4) is 0 Å². The Bertz CT molecular complexity index is 880. The normalized spacial score (nSPS) is 18.1. The van der Waals surface area contributed by atoms with Gasteiger partial charge in [-0.2, -0.15) is 0 Å². The van der Waals surface area contributed by atoms with Crippen molar-refractivity contribution < 1.29 is 0 Å². The first kappa shape index (κ1) is 18.0. The van der Waals surface area contributed by atoms with Crippen LogP contribution in [-0.2, 0) is 6.54 Å². The standard InChI is InChI=1S/C24H29N3/c1-18(2)20-10-8-19(9-11-20)16-27-14-4-6-22(17-27)26-24-7-3-5-21-15-25-13-12-23(21)24/h3,5,7-13,15,18,22,26H,4,6,14,16-17H2,1-2H3. The van der Waals surface area contributed by atoms with E-state index in [4.69, 9.17) is 0 Å². The third kappa shape index (κ3) is 4.30. The van der Waals surface area contributed by atoms with Gasteiger partial charge < -0.3 is 5.32 Å². The van der Waals surface area contributed by atoms with E-state index in [0.29, 0.717) is 12.0 Å². The Kier molecular flexibility index (Phi) is 5.40. The van der Waals surface area contributed by atoms with Crippen LogP contribution in [0.5, 0.6) is 0 Å². The quantitative estimate of drug-likeness (QED) is 0.658. The molecule has 2 heterocycles. The van der Waals surface area contributed by atoms with Crippen molar-refractivity contribution in [3.63, 3.8) is 0 Å². The fourth-order valence-electron chi connectivity index (χ4n) is 4.05. The van der Waals surface area contributed by atoms with Crippen molar-refractivity contribution in [1.82, 2.24) is 9.88 Å². The molecule has 3 heteroatoms. The highest BCUT2D eigenvalue weighted by Gasteiger charge is 2.20. The van der Waals surface area contributed by atoms with Gasteiger partial charge in [-0.1, -0.05) is 50.2 Å². The fourth-order valence-corrected chi connectivity index (χ4v) is 4.05. The van der Waals surface area contributed by atoms with Crippen LogP contribution >= 0.6 is 0 Å². The summed E-state index contributed by atoms with van der Waals surface area (Å²) in [5.41, 5.74) is 4.06. The highest BCUT2D eigenvalue weighted by atomic mass is 15.2. The van der Waals surface area contributed by atoms with E-state index in [1.54, 1.807) is 0 Å². The number of nitrogens with zero attached hydrogens (tertiary/aromatic N) is 2. The summed E-state index contributed by atoms with van der Waals surface area (Å²) in [6, 6.07) is 18.2. The lowest BCUT2D eigenvalue weighted by molar-refractivity contribution is 0.208. The minimum absolute atomic E-state index is 0.493. The van der Waals surface area contributed by atoms with Crippen LogP contribution in [-0.4, -0.2) is 29.0 Å². The first-order valence-corrected chi connectivity index (χ1v) is 10.1. The van der Waals surface area contributed by atoms with E-state index in [1.807, 2.05) is 12.4 Å². The molecule has 1 aromatic heterocycles. The van der Waals surface area contributed by atoms with Gasteiger partial charge in [0.2, 0.25) is 0 Å². The van der Waals surface area contributed by atoms with Crippen LogP contribution in [0.15, 0.2) is 60.9 Å². The average molecular weight is 360 g/mol. The van der Waals surface area contributed by atoms with Gasteiger partial charge in [-0.05, 0) is 48.6 Å². The molecule has 0 spiro atoms. The van der Waals surface area contributed by atoms with E-state index in [1.165, 1.54) is 47.0 Å². The summed E-state index contributed by atoms with van der Waals surface area (Å²) in [7, 11) is 0. The minimum Gasteiger partial charge on any atom is -0.381 e. The molecule has 1 fully saturated rings. The average Bonchev–Trinajstić information content (AvgIpc) is 2.69. The molecular weight excluding hydrogens is 330 g/mol. The van der Waals surface area contributed by atoms with Crippen LogP contribution in [0.25, 0.3) is 10.8 Å². The van der Waals surface area contributed by atoms with Gasteiger partial charge in [0, 0.05) is 48.0 Å². The van der Waals surface area contributed by atoms with Gasteiger partial charge in [-0.25, -0.2) is 0 Å². The number of aromatic nitrogens is 1. The maximum atomic E-state index is 4.24. The summed E-state index contributed by atoms with van der Waals surface area (Å²) in [4.78, 5) is 6.82.